The molecule has 21 heavy (non-hydrogen) atoms. The van der Waals surface area contributed by atoms with E-state index in [9.17, 15) is 0 Å². The van der Waals surface area contributed by atoms with Crippen molar-refractivity contribution in [3.8, 4) is 17.2 Å². The number of nitrogens with two attached hydrogens (primary N) is 1. The molecule has 2 aromatic heterocycles. The standard InChI is InChI=1S/C12H10N8O/c13-10(18-21)9-6-7-14-16-12(9)20-17-11(15-19-20)8-4-2-1-3-5-8/h1-7,21H,(H2,13,18). The van der Waals surface area contributed by atoms with Gasteiger partial charge in [-0.15, -0.1) is 20.1 Å². The predicted octanol–water partition coefficient (Wildman–Crippen LogP) is 0.214. The minimum absolute atomic E-state index is 0.113. The Bertz CT molecular complexity index is 783. The van der Waals surface area contributed by atoms with Gasteiger partial charge in [-0.05, 0) is 11.3 Å². The van der Waals surface area contributed by atoms with Crippen molar-refractivity contribution in [2.75, 3.05) is 0 Å². The van der Waals surface area contributed by atoms with Gasteiger partial charge >= 0.3 is 0 Å². The molecule has 0 unspecified atom stereocenters. The molecule has 0 atom stereocenters. The largest absolute Gasteiger partial charge is 0.409 e. The van der Waals surface area contributed by atoms with Crippen LogP contribution in [0.5, 0.6) is 0 Å². The molecule has 9 nitrogen and oxygen atoms in total. The Kier molecular flexibility index (Phi) is 3.21. The molecule has 0 fully saturated rings. The first-order valence-corrected chi connectivity index (χ1v) is 5.95. The molecule has 0 amide bonds. The topological polar surface area (TPSA) is 128 Å². The van der Waals surface area contributed by atoms with Crippen LogP contribution in [0.1, 0.15) is 5.56 Å². The number of hydrogen-bond donors (Lipinski definition) is 2. The highest BCUT2D eigenvalue weighted by molar-refractivity contribution is 5.99. The fourth-order valence-corrected chi connectivity index (χ4v) is 1.73. The highest BCUT2D eigenvalue weighted by atomic mass is 16.4. The van der Waals surface area contributed by atoms with E-state index in [1.54, 1.807) is 6.07 Å². The number of aromatic nitrogens is 6. The monoisotopic (exact) mass is 282 g/mol. The summed E-state index contributed by atoms with van der Waals surface area (Å²) in [5, 5.41) is 31.5. The quantitative estimate of drug-likeness (QED) is 0.304. The number of oxime groups is 1. The Hall–Kier alpha value is -3.36. The molecule has 3 rings (SSSR count). The van der Waals surface area contributed by atoms with Crippen LogP contribution in [0, 0.1) is 0 Å². The van der Waals surface area contributed by atoms with Gasteiger partial charge in [-0.3, -0.25) is 0 Å². The van der Waals surface area contributed by atoms with E-state index in [-0.39, 0.29) is 11.7 Å². The summed E-state index contributed by atoms with van der Waals surface area (Å²) in [5.41, 5.74) is 6.76. The number of rotatable bonds is 3. The zero-order valence-corrected chi connectivity index (χ0v) is 10.7. The number of amidine groups is 1. The van der Waals surface area contributed by atoms with E-state index in [1.807, 2.05) is 30.3 Å². The van der Waals surface area contributed by atoms with E-state index in [2.05, 4.69) is 30.8 Å². The van der Waals surface area contributed by atoms with E-state index >= 15 is 0 Å². The summed E-state index contributed by atoms with van der Waals surface area (Å²) in [6, 6.07) is 10.9. The molecule has 9 heteroatoms. The molecule has 3 N–H and O–H groups in total. The minimum atomic E-state index is -0.113. The van der Waals surface area contributed by atoms with E-state index < -0.39 is 0 Å². The Labute approximate surface area is 118 Å². The van der Waals surface area contributed by atoms with Crippen molar-refractivity contribution in [3.05, 3.63) is 48.2 Å². The second kappa shape index (κ2) is 5.33. The highest BCUT2D eigenvalue weighted by Gasteiger charge is 2.14. The molecule has 104 valence electrons. The lowest BCUT2D eigenvalue weighted by molar-refractivity contribution is 0.318. The highest BCUT2D eigenvalue weighted by Crippen LogP contribution is 2.14. The van der Waals surface area contributed by atoms with Gasteiger partial charge < -0.3 is 10.9 Å². The van der Waals surface area contributed by atoms with Crippen LogP contribution in [-0.4, -0.2) is 41.4 Å². The molecule has 2 heterocycles. The first-order valence-electron chi connectivity index (χ1n) is 5.95. The molecular formula is C12H10N8O. The van der Waals surface area contributed by atoms with Crippen molar-refractivity contribution in [1.82, 2.24) is 30.4 Å². The first-order chi connectivity index (χ1) is 10.3. The lowest BCUT2D eigenvalue weighted by Crippen LogP contribution is -2.18. The summed E-state index contributed by atoms with van der Waals surface area (Å²) < 4.78 is 0. The Morgan fingerprint density at radius 3 is 2.71 bits per heavy atom. The maximum absolute atomic E-state index is 8.79. The Morgan fingerprint density at radius 2 is 1.95 bits per heavy atom. The minimum Gasteiger partial charge on any atom is -0.409 e. The van der Waals surface area contributed by atoms with Crippen molar-refractivity contribution in [2.24, 2.45) is 10.9 Å². The lowest BCUT2D eigenvalue weighted by Gasteiger charge is -2.03. The average Bonchev–Trinajstić information content (AvgIpc) is 3.05. The fraction of sp³-hybridized carbons (Fsp3) is 0. The molecular weight excluding hydrogens is 272 g/mol. The third-order valence-corrected chi connectivity index (χ3v) is 2.72. The van der Waals surface area contributed by atoms with Gasteiger partial charge in [0.25, 0.3) is 0 Å². The molecule has 0 saturated carbocycles. The second-order valence-electron chi connectivity index (χ2n) is 4.02. The molecule has 0 aliphatic heterocycles. The summed E-state index contributed by atoms with van der Waals surface area (Å²) in [4.78, 5) is 1.18. The van der Waals surface area contributed by atoms with Gasteiger partial charge in [-0.25, -0.2) is 0 Å². The molecule has 0 spiro atoms. The smallest absolute Gasteiger partial charge is 0.209 e. The summed E-state index contributed by atoms with van der Waals surface area (Å²) in [5.74, 6) is 0.549. The third-order valence-electron chi connectivity index (χ3n) is 2.72. The molecule has 0 saturated heterocycles. The zero-order chi connectivity index (χ0) is 14.7. The number of tetrazole rings is 1. The van der Waals surface area contributed by atoms with Gasteiger partial charge in [0, 0.05) is 5.56 Å². The van der Waals surface area contributed by atoms with Gasteiger partial charge in [0.05, 0.1) is 11.8 Å². The maximum atomic E-state index is 8.79. The first kappa shape index (κ1) is 12.7. The average molecular weight is 282 g/mol. The van der Waals surface area contributed by atoms with Crippen LogP contribution in [-0.2, 0) is 0 Å². The summed E-state index contributed by atoms with van der Waals surface area (Å²) in [7, 11) is 0. The lowest BCUT2D eigenvalue weighted by atomic mass is 10.2. The predicted molar refractivity (Wildman–Crippen MR) is 72.7 cm³/mol. The van der Waals surface area contributed by atoms with Crippen LogP contribution in [0.3, 0.4) is 0 Å². The van der Waals surface area contributed by atoms with E-state index in [0.29, 0.717) is 11.4 Å². The molecule has 0 radical (unpaired) electrons. The van der Waals surface area contributed by atoms with Gasteiger partial charge in [0.1, 0.15) is 0 Å². The zero-order valence-electron chi connectivity index (χ0n) is 10.7. The second-order valence-corrected chi connectivity index (χ2v) is 4.02. The summed E-state index contributed by atoms with van der Waals surface area (Å²) >= 11 is 0. The Balaban J connectivity index is 2.05. The molecule has 0 aliphatic rings. The number of benzene rings is 1. The van der Waals surface area contributed by atoms with Gasteiger partial charge in [-0.2, -0.15) is 5.10 Å². The normalized spacial score (nSPS) is 11.5. The van der Waals surface area contributed by atoms with Crippen molar-refractivity contribution >= 4 is 5.84 Å². The Morgan fingerprint density at radius 1 is 1.14 bits per heavy atom. The third kappa shape index (κ3) is 2.39. The fourth-order valence-electron chi connectivity index (χ4n) is 1.73. The van der Waals surface area contributed by atoms with Gasteiger partial charge in [0.15, 0.2) is 5.84 Å². The van der Waals surface area contributed by atoms with Gasteiger partial charge in [-0.1, -0.05) is 35.5 Å². The summed E-state index contributed by atoms with van der Waals surface area (Å²) in [6.45, 7) is 0. The van der Waals surface area contributed by atoms with E-state index in [4.69, 9.17) is 10.9 Å². The van der Waals surface area contributed by atoms with Crippen LogP contribution >= 0.6 is 0 Å². The molecule has 3 aromatic rings. The number of nitrogens with zero attached hydrogens (tertiary/aromatic N) is 7. The molecule has 0 bridgehead atoms. The van der Waals surface area contributed by atoms with Crippen LogP contribution < -0.4 is 5.73 Å². The van der Waals surface area contributed by atoms with Crippen molar-refractivity contribution in [3.63, 3.8) is 0 Å². The van der Waals surface area contributed by atoms with Crippen molar-refractivity contribution < 1.29 is 5.21 Å². The van der Waals surface area contributed by atoms with E-state index in [0.717, 1.165) is 5.56 Å². The molecule has 0 aliphatic carbocycles. The van der Waals surface area contributed by atoms with Crippen LogP contribution in [0.15, 0.2) is 47.8 Å². The SMILES string of the molecule is N/C(=N/O)c1ccnnc1-n1nnc(-c2ccccc2)n1. The molecule has 1 aromatic carbocycles. The van der Waals surface area contributed by atoms with Crippen LogP contribution in [0.4, 0.5) is 0 Å². The van der Waals surface area contributed by atoms with Crippen molar-refractivity contribution in [1.29, 1.82) is 0 Å². The maximum Gasteiger partial charge on any atom is 0.209 e. The van der Waals surface area contributed by atoms with Gasteiger partial charge in [0.2, 0.25) is 11.6 Å². The van der Waals surface area contributed by atoms with Crippen LogP contribution in [0.2, 0.25) is 0 Å². The summed E-state index contributed by atoms with van der Waals surface area (Å²) in [6.07, 6.45) is 1.42. The van der Waals surface area contributed by atoms with E-state index in [1.165, 1.54) is 11.0 Å². The van der Waals surface area contributed by atoms with Crippen LogP contribution in [0.25, 0.3) is 17.2 Å². The van der Waals surface area contributed by atoms with Crippen molar-refractivity contribution in [2.45, 2.75) is 0 Å². The number of hydrogen-bond acceptors (Lipinski definition) is 7.